The van der Waals surface area contributed by atoms with Gasteiger partial charge in [0.1, 0.15) is 0 Å². The minimum atomic E-state index is 0. The van der Waals surface area contributed by atoms with E-state index < -0.39 is 0 Å². The molecule has 2 heterocycles. The Labute approximate surface area is 144 Å². The molecule has 21 heavy (non-hydrogen) atoms. The summed E-state index contributed by atoms with van der Waals surface area (Å²) >= 11 is 0. The number of guanidine groups is 1. The van der Waals surface area contributed by atoms with Crippen LogP contribution in [0, 0.1) is 5.41 Å². The van der Waals surface area contributed by atoms with Crippen LogP contribution in [0.1, 0.15) is 38.2 Å². The number of nitrogens with one attached hydrogen (secondary N) is 1. The Morgan fingerprint density at radius 2 is 2.24 bits per heavy atom. The van der Waals surface area contributed by atoms with Crippen molar-refractivity contribution < 1.29 is 0 Å². The molecular formula is C15H26IN5. The quantitative estimate of drug-likeness (QED) is 0.479. The first-order chi connectivity index (χ1) is 9.71. The van der Waals surface area contributed by atoms with Crippen molar-refractivity contribution in [2.45, 2.75) is 39.2 Å². The highest BCUT2D eigenvalue weighted by atomic mass is 127. The average Bonchev–Trinajstić information content (AvgIpc) is 3.00. The van der Waals surface area contributed by atoms with E-state index in [9.17, 15) is 0 Å². The number of halogens is 1. The Hall–Kier alpha value is -0.790. The minimum Gasteiger partial charge on any atom is -0.357 e. The Balaban J connectivity index is 0.00000161. The molecule has 0 amide bonds. The number of likely N-dealkylation sites (tertiary alicyclic amines) is 1. The molecule has 1 saturated heterocycles. The fraction of sp³-hybridized carbons (Fsp3) is 0.733. The molecular weight excluding hydrogens is 377 g/mol. The molecule has 2 aliphatic rings. The first kappa shape index (κ1) is 16.6. The predicted octanol–water partition coefficient (Wildman–Crippen LogP) is 2.38. The monoisotopic (exact) mass is 403 g/mol. The zero-order chi connectivity index (χ0) is 14.0. The smallest absolute Gasteiger partial charge is 0.194 e. The van der Waals surface area contributed by atoms with Crippen molar-refractivity contribution in [3.8, 4) is 0 Å². The lowest BCUT2D eigenvalue weighted by atomic mass is 9.68. The van der Waals surface area contributed by atoms with E-state index in [0.29, 0.717) is 12.0 Å². The van der Waals surface area contributed by atoms with E-state index in [1.807, 2.05) is 24.1 Å². The van der Waals surface area contributed by atoms with Crippen LogP contribution in [-0.2, 0) is 13.6 Å². The molecule has 6 heteroatoms. The summed E-state index contributed by atoms with van der Waals surface area (Å²) < 4.78 is 1.83. The fourth-order valence-electron chi connectivity index (χ4n) is 3.35. The lowest BCUT2D eigenvalue weighted by molar-refractivity contribution is 0.151. The number of aromatic nitrogens is 2. The highest BCUT2D eigenvalue weighted by Crippen LogP contribution is 2.47. The summed E-state index contributed by atoms with van der Waals surface area (Å²) in [6.45, 7) is 6.11. The molecule has 2 fully saturated rings. The molecule has 0 aromatic carbocycles. The summed E-state index contributed by atoms with van der Waals surface area (Å²) in [6.07, 6.45) is 9.49. The Morgan fingerprint density at radius 3 is 2.76 bits per heavy atom. The Bertz CT molecular complexity index is 492. The van der Waals surface area contributed by atoms with Gasteiger partial charge < -0.3 is 10.2 Å². The minimum absolute atomic E-state index is 0. The van der Waals surface area contributed by atoms with E-state index in [1.54, 1.807) is 0 Å². The number of hydrogen-bond donors (Lipinski definition) is 1. The predicted molar refractivity (Wildman–Crippen MR) is 95.9 cm³/mol. The SMILES string of the molecule is CCNC(=NCc1cnn(C)c1)N1CCC2(CCC2)C1.I. The van der Waals surface area contributed by atoms with Crippen molar-refractivity contribution >= 4 is 29.9 Å². The van der Waals surface area contributed by atoms with E-state index in [-0.39, 0.29) is 24.0 Å². The number of hydrogen-bond acceptors (Lipinski definition) is 2. The second-order valence-electron chi connectivity index (χ2n) is 6.22. The lowest BCUT2D eigenvalue weighted by Crippen LogP contribution is -2.42. The van der Waals surface area contributed by atoms with Crippen LogP contribution in [0.3, 0.4) is 0 Å². The van der Waals surface area contributed by atoms with Crippen LogP contribution in [0.25, 0.3) is 0 Å². The van der Waals surface area contributed by atoms with Gasteiger partial charge >= 0.3 is 0 Å². The third-order valence-corrected chi connectivity index (χ3v) is 4.66. The van der Waals surface area contributed by atoms with Crippen molar-refractivity contribution in [1.82, 2.24) is 20.0 Å². The molecule has 0 atom stereocenters. The van der Waals surface area contributed by atoms with E-state index in [0.717, 1.165) is 19.0 Å². The van der Waals surface area contributed by atoms with Crippen LogP contribution in [0.2, 0.25) is 0 Å². The fourth-order valence-corrected chi connectivity index (χ4v) is 3.35. The van der Waals surface area contributed by atoms with Gasteiger partial charge in [0.2, 0.25) is 0 Å². The van der Waals surface area contributed by atoms with Gasteiger partial charge in [-0.05, 0) is 31.6 Å². The molecule has 1 N–H and O–H groups in total. The van der Waals surface area contributed by atoms with Crippen LogP contribution in [0.15, 0.2) is 17.4 Å². The molecule has 3 rings (SSSR count). The van der Waals surface area contributed by atoms with Crippen LogP contribution in [0.5, 0.6) is 0 Å². The zero-order valence-corrected chi connectivity index (χ0v) is 15.3. The first-order valence-electron chi connectivity index (χ1n) is 7.72. The summed E-state index contributed by atoms with van der Waals surface area (Å²) in [5, 5.41) is 7.63. The van der Waals surface area contributed by atoms with Crippen molar-refractivity contribution in [3.05, 3.63) is 18.0 Å². The van der Waals surface area contributed by atoms with Gasteiger partial charge in [-0.15, -0.1) is 24.0 Å². The average molecular weight is 403 g/mol. The maximum atomic E-state index is 4.78. The summed E-state index contributed by atoms with van der Waals surface area (Å²) in [4.78, 5) is 7.22. The molecule has 118 valence electrons. The Kier molecular flexibility index (Phi) is 5.51. The molecule has 1 saturated carbocycles. The third-order valence-electron chi connectivity index (χ3n) is 4.66. The van der Waals surface area contributed by atoms with Crippen molar-refractivity contribution in [1.29, 1.82) is 0 Å². The van der Waals surface area contributed by atoms with Gasteiger partial charge in [0, 0.05) is 38.4 Å². The van der Waals surface area contributed by atoms with Crippen LogP contribution in [0.4, 0.5) is 0 Å². The Morgan fingerprint density at radius 1 is 1.43 bits per heavy atom. The van der Waals surface area contributed by atoms with Crippen molar-refractivity contribution in [2.24, 2.45) is 17.5 Å². The van der Waals surface area contributed by atoms with Gasteiger partial charge in [-0.25, -0.2) is 4.99 Å². The molecule has 1 aromatic rings. The molecule has 0 unspecified atom stereocenters. The molecule has 5 nitrogen and oxygen atoms in total. The van der Waals surface area contributed by atoms with Gasteiger partial charge in [0.15, 0.2) is 5.96 Å². The van der Waals surface area contributed by atoms with Gasteiger partial charge in [0.25, 0.3) is 0 Å². The normalized spacial score (nSPS) is 20.3. The maximum absolute atomic E-state index is 4.78. The topological polar surface area (TPSA) is 45.5 Å². The van der Waals surface area contributed by atoms with Gasteiger partial charge in [-0.3, -0.25) is 4.68 Å². The highest BCUT2D eigenvalue weighted by molar-refractivity contribution is 14.0. The number of aryl methyl sites for hydroxylation is 1. The van der Waals surface area contributed by atoms with Gasteiger partial charge in [-0.1, -0.05) is 6.42 Å². The highest BCUT2D eigenvalue weighted by Gasteiger charge is 2.43. The van der Waals surface area contributed by atoms with E-state index in [1.165, 1.54) is 37.8 Å². The van der Waals surface area contributed by atoms with E-state index >= 15 is 0 Å². The second-order valence-corrected chi connectivity index (χ2v) is 6.22. The van der Waals surface area contributed by atoms with E-state index in [2.05, 4.69) is 22.2 Å². The van der Waals surface area contributed by atoms with Gasteiger partial charge in [0.05, 0.1) is 12.7 Å². The third kappa shape index (κ3) is 3.70. The summed E-state index contributed by atoms with van der Waals surface area (Å²) in [7, 11) is 1.94. The van der Waals surface area contributed by atoms with Gasteiger partial charge in [-0.2, -0.15) is 5.10 Å². The molecule has 1 aliphatic carbocycles. The summed E-state index contributed by atoms with van der Waals surface area (Å²) in [5.74, 6) is 1.07. The standard InChI is InChI=1S/C15H25N5.HI/c1-3-16-14(17-9-13-10-18-19(2)11-13)20-8-7-15(12-20)5-4-6-15;/h10-11H,3-9,12H2,1-2H3,(H,16,17);1H. The number of nitrogens with zero attached hydrogens (tertiary/aromatic N) is 4. The van der Waals surface area contributed by atoms with Crippen LogP contribution >= 0.6 is 24.0 Å². The van der Waals surface area contributed by atoms with Crippen LogP contribution in [-0.4, -0.2) is 40.3 Å². The van der Waals surface area contributed by atoms with E-state index in [4.69, 9.17) is 4.99 Å². The van der Waals surface area contributed by atoms with Crippen molar-refractivity contribution in [2.75, 3.05) is 19.6 Å². The lowest BCUT2D eigenvalue weighted by Gasteiger charge is -2.38. The molecule has 0 radical (unpaired) electrons. The summed E-state index contributed by atoms with van der Waals surface area (Å²) in [6, 6.07) is 0. The summed E-state index contributed by atoms with van der Waals surface area (Å²) in [5.41, 5.74) is 1.78. The molecule has 1 aliphatic heterocycles. The number of rotatable bonds is 3. The number of aliphatic imine (C=N–C) groups is 1. The largest absolute Gasteiger partial charge is 0.357 e. The molecule has 1 spiro atoms. The maximum Gasteiger partial charge on any atom is 0.194 e. The second kappa shape index (κ2) is 6.98. The van der Waals surface area contributed by atoms with Crippen molar-refractivity contribution in [3.63, 3.8) is 0 Å². The molecule has 0 bridgehead atoms. The van der Waals surface area contributed by atoms with Crippen LogP contribution < -0.4 is 5.32 Å². The molecule has 1 aromatic heterocycles. The zero-order valence-electron chi connectivity index (χ0n) is 13.0. The first-order valence-corrected chi connectivity index (χ1v) is 7.72.